The van der Waals surface area contributed by atoms with Crippen molar-refractivity contribution in [1.29, 1.82) is 5.26 Å². The molecule has 0 fully saturated rings. The fourth-order valence-corrected chi connectivity index (χ4v) is 4.01. The van der Waals surface area contributed by atoms with E-state index in [1.54, 1.807) is 41.1 Å². The summed E-state index contributed by atoms with van der Waals surface area (Å²) in [5.41, 5.74) is 9.53. The molecule has 0 radical (unpaired) electrons. The van der Waals surface area contributed by atoms with Crippen molar-refractivity contribution >= 4 is 12.0 Å². The zero-order chi connectivity index (χ0) is 24.4. The standard InChI is InChI=1S/C27H20N4O4/c1-17-24-25(18-9-11-21(12-10-18)34-23(32)14-13-20-8-5-15-33-20)22(16-28)26(29)35-27(24)31(30-17)19-6-3-2-4-7-19/h2-15,25H,29H2,1H3/b14-13+/t25-/m1/s1. The number of carbonyl (C=O) groups is 1. The minimum absolute atomic E-state index is 0.0284. The number of nitriles is 1. The van der Waals surface area contributed by atoms with E-state index in [0.29, 0.717) is 28.7 Å². The van der Waals surface area contributed by atoms with Gasteiger partial charge in [0, 0.05) is 6.08 Å². The van der Waals surface area contributed by atoms with Crippen LogP contribution in [-0.4, -0.2) is 15.7 Å². The minimum atomic E-state index is -0.538. The number of allylic oxidation sites excluding steroid dienone is 1. The molecule has 4 aromatic rings. The van der Waals surface area contributed by atoms with E-state index >= 15 is 0 Å². The summed E-state index contributed by atoms with van der Waals surface area (Å²) >= 11 is 0. The Balaban J connectivity index is 1.46. The number of rotatable bonds is 5. The molecular weight excluding hydrogens is 444 g/mol. The molecule has 35 heavy (non-hydrogen) atoms. The first-order chi connectivity index (χ1) is 17.0. The van der Waals surface area contributed by atoms with E-state index in [1.165, 1.54) is 18.4 Å². The van der Waals surface area contributed by atoms with Crippen LogP contribution < -0.4 is 15.2 Å². The number of aryl methyl sites for hydroxylation is 1. The number of furan rings is 1. The van der Waals surface area contributed by atoms with Crippen molar-refractivity contribution in [3.63, 3.8) is 0 Å². The van der Waals surface area contributed by atoms with Gasteiger partial charge in [0.15, 0.2) is 0 Å². The average molecular weight is 464 g/mol. The lowest BCUT2D eigenvalue weighted by atomic mass is 9.84. The van der Waals surface area contributed by atoms with Crippen molar-refractivity contribution in [2.75, 3.05) is 0 Å². The number of nitrogens with two attached hydrogens (primary N) is 1. The van der Waals surface area contributed by atoms with Gasteiger partial charge in [0.25, 0.3) is 0 Å². The van der Waals surface area contributed by atoms with Crippen molar-refractivity contribution in [1.82, 2.24) is 9.78 Å². The van der Waals surface area contributed by atoms with Gasteiger partial charge in [-0.2, -0.15) is 10.4 Å². The van der Waals surface area contributed by atoms with Crippen LogP contribution in [0.15, 0.2) is 94.9 Å². The van der Waals surface area contributed by atoms with Crippen molar-refractivity contribution in [2.45, 2.75) is 12.8 Å². The molecule has 2 N–H and O–H groups in total. The van der Waals surface area contributed by atoms with Gasteiger partial charge >= 0.3 is 5.97 Å². The molecule has 2 aromatic carbocycles. The SMILES string of the molecule is Cc1nn(-c2ccccc2)c2c1[C@H](c1ccc(OC(=O)/C=C/c3ccco3)cc1)C(C#N)=C(N)O2. The third-order valence-corrected chi connectivity index (χ3v) is 5.59. The molecule has 1 aliphatic heterocycles. The summed E-state index contributed by atoms with van der Waals surface area (Å²) in [7, 11) is 0. The summed E-state index contributed by atoms with van der Waals surface area (Å²) in [6.45, 7) is 1.87. The van der Waals surface area contributed by atoms with Crippen LogP contribution in [0.25, 0.3) is 11.8 Å². The third-order valence-electron chi connectivity index (χ3n) is 5.59. The smallest absolute Gasteiger partial charge is 0.336 e. The number of aromatic nitrogens is 2. The summed E-state index contributed by atoms with van der Waals surface area (Å²) in [6.07, 6.45) is 4.34. The highest BCUT2D eigenvalue weighted by Gasteiger charge is 2.36. The molecule has 5 rings (SSSR count). The predicted octanol–water partition coefficient (Wildman–Crippen LogP) is 4.61. The normalized spacial score (nSPS) is 14.9. The van der Waals surface area contributed by atoms with E-state index in [9.17, 15) is 10.1 Å². The first-order valence-corrected chi connectivity index (χ1v) is 10.8. The van der Waals surface area contributed by atoms with Gasteiger partial charge < -0.3 is 19.6 Å². The van der Waals surface area contributed by atoms with E-state index in [4.69, 9.17) is 19.6 Å². The molecule has 2 aromatic heterocycles. The largest absolute Gasteiger partial charge is 0.465 e. The summed E-state index contributed by atoms with van der Waals surface area (Å²) in [6, 6.07) is 22.1. The zero-order valence-electron chi connectivity index (χ0n) is 18.7. The monoisotopic (exact) mass is 464 g/mol. The highest BCUT2D eigenvalue weighted by molar-refractivity contribution is 5.88. The van der Waals surface area contributed by atoms with E-state index < -0.39 is 11.9 Å². The summed E-state index contributed by atoms with van der Waals surface area (Å²) in [5.74, 6) is 0.387. The maximum absolute atomic E-state index is 12.1. The molecule has 0 unspecified atom stereocenters. The van der Waals surface area contributed by atoms with Gasteiger partial charge in [0.05, 0.1) is 29.1 Å². The number of hydrogen-bond donors (Lipinski definition) is 1. The molecule has 0 saturated carbocycles. The van der Waals surface area contributed by atoms with Crippen molar-refractivity contribution in [3.05, 3.63) is 113 Å². The van der Waals surface area contributed by atoms with Crippen LogP contribution in [0.2, 0.25) is 0 Å². The molecule has 8 heteroatoms. The minimum Gasteiger partial charge on any atom is -0.465 e. The van der Waals surface area contributed by atoms with Crippen LogP contribution in [0, 0.1) is 18.3 Å². The lowest BCUT2D eigenvalue weighted by Crippen LogP contribution is -2.22. The highest BCUT2D eigenvalue weighted by Crippen LogP contribution is 2.44. The summed E-state index contributed by atoms with van der Waals surface area (Å²) < 4.78 is 18.1. The second kappa shape index (κ2) is 9.08. The number of para-hydroxylation sites is 1. The van der Waals surface area contributed by atoms with Crippen molar-refractivity contribution < 1.29 is 18.7 Å². The van der Waals surface area contributed by atoms with E-state index in [-0.39, 0.29) is 5.88 Å². The molecule has 1 aliphatic rings. The Kier molecular flexibility index (Phi) is 5.65. The van der Waals surface area contributed by atoms with Crippen LogP contribution in [0.5, 0.6) is 11.6 Å². The number of benzene rings is 2. The van der Waals surface area contributed by atoms with E-state index in [2.05, 4.69) is 11.2 Å². The Bertz CT molecular complexity index is 1470. The Labute approximate surface area is 201 Å². The van der Waals surface area contributed by atoms with Crippen LogP contribution in [0.1, 0.15) is 28.5 Å². The van der Waals surface area contributed by atoms with Gasteiger partial charge in [-0.15, -0.1) is 0 Å². The Hall–Kier alpha value is -5.03. The number of ether oxygens (including phenoxy) is 2. The van der Waals surface area contributed by atoms with Crippen LogP contribution in [0.3, 0.4) is 0 Å². The van der Waals surface area contributed by atoms with Gasteiger partial charge in [-0.1, -0.05) is 30.3 Å². The first kappa shape index (κ1) is 21.8. The number of esters is 1. The fourth-order valence-electron chi connectivity index (χ4n) is 4.01. The van der Waals surface area contributed by atoms with E-state index in [0.717, 1.165) is 16.8 Å². The summed E-state index contributed by atoms with van der Waals surface area (Å²) in [4.78, 5) is 12.1. The molecule has 0 spiro atoms. The van der Waals surface area contributed by atoms with Crippen molar-refractivity contribution in [3.8, 4) is 23.4 Å². The maximum atomic E-state index is 12.1. The van der Waals surface area contributed by atoms with Gasteiger partial charge in [-0.25, -0.2) is 9.48 Å². The Morgan fingerprint density at radius 2 is 1.91 bits per heavy atom. The molecule has 0 aliphatic carbocycles. The molecule has 0 amide bonds. The van der Waals surface area contributed by atoms with Crippen LogP contribution in [-0.2, 0) is 4.79 Å². The molecule has 0 bridgehead atoms. The van der Waals surface area contributed by atoms with E-state index in [1.807, 2.05) is 37.3 Å². The number of carbonyl (C=O) groups excluding carboxylic acids is 1. The van der Waals surface area contributed by atoms with Crippen molar-refractivity contribution in [2.24, 2.45) is 5.73 Å². The lowest BCUT2D eigenvalue weighted by Gasteiger charge is -2.25. The molecule has 1 atom stereocenters. The quantitative estimate of drug-likeness (QED) is 0.260. The first-order valence-electron chi connectivity index (χ1n) is 10.8. The second-order valence-corrected chi connectivity index (χ2v) is 7.82. The van der Waals surface area contributed by atoms with Gasteiger partial charge in [0.1, 0.15) is 23.2 Å². The second-order valence-electron chi connectivity index (χ2n) is 7.82. The lowest BCUT2D eigenvalue weighted by molar-refractivity contribution is -0.128. The number of hydrogen-bond acceptors (Lipinski definition) is 7. The zero-order valence-corrected chi connectivity index (χ0v) is 18.7. The highest BCUT2D eigenvalue weighted by atomic mass is 16.5. The molecular formula is C27H20N4O4. The average Bonchev–Trinajstić information content (AvgIpc) is 3.51. The molecule has 8 nitrogen and oxygen atoms in total. The molecule has 3 heterocycles. The van der Waals surface area contributed by atoms with Gasteiger partial charge in [-0.3, -0.25) is 0 Å². The van der Waals surface area contributed by atoms with Crippen LogP contribution >= 0.6 is 0 Å². The van der Waals surface area contributed by atoms with Gasteiger partial charge in [-0.05, 0) is 55.0 Å². The van der Waals surface area contributed by atoms with Crippen LogP contribution in [0.4, 0.5) is 0 Å². The topological polar surface area (TPSA) is 116 Å². The maximum Gasteiger partial charge on any atom is 0.336 e. The number of nitrogens with zero attached hydrogens (tertiary/aromatic N) is 3. The Morgan fingerprint density at radius 1 is 1.14 bits per heavy atom. The third kappa shape index (κ3) is 4.18. The fraction of sp³-hybridized carbons (Fsp3) is 0.0741. The number of fused-ring (bicyclic) bond motifs is 1. The summed E-state index contributed by atoms with van der Waals surface area (Å²) in [5, 5.41) is 14.5. The van der Waals surface area contributed by atoms with Gasteiger partial charge in [0.2, 0.25) is 11.8 Å². The molecule has 172 valence electrons. The molecule has 0 saturated heterocycles. The predicted molar refractivity (Wildman–Crippen MR) is 127 cm³/mol. The Morgan fingerprint density at radius 3 is 2.60 bits per heavy atom.